The van der Waals surface area contributed by atoms with Gasteiger partial charge in [-0.15, -0.1) is 0 Å². The summed E-state index contributed by atoms with van der Waals surface area (Å²) in [6, 6.07) is 14.3. The highest BCUT2D eigenvalue weighted by Crippen LogP contribution is 2.31. The first-order valence-corrected chi connectivity index (χ1v) is 12.4. The van der Waals surface area contributed by atoms with Crippen LogP contribution in [0.3, 0.4) is 0 Å². The summed E-state index contributed by atoms with van der Waals surface area (Å²) >= 11 is 0. The molecule has 4 aromatic rings. The highest BCUT2D eigenvalue weighted by molar-refractivity contribution is 8.14. The lowest BCUT2D eigenvalue weighted by molar-refractivity contribution is 0.608. The molecule has 0 aliphatic rings. The molecule has 2 heterocycles. The van der Waals surface area contributed by atoms with Crippen molar-refractivity contribution in [1.82, 2.24) is 9.97 Å². The zero-order valence-electron chi connectivity index (χ0n) is 13.9. The smallest absolute Gasteiger partial charge is 0.254 e. The summed E-state index contributed by atoms with van der Waals surface area (Å²) in [5, 5.41) is 1.14. The second-order valence-corrected chi connectivity index (χ2v) is 11.0. The molecular formula is C18H10Cl2N2O4S2. The minimum absolute atomic E-state index is 0.0113. The Kier molecular flexibility index (Phi) is 4.54. The summed E-state index contributed by atoms with van der Waals surface area (Å²) < 4.78 is 46.5. The van der Waals surface area contributed by atoms with E-state index in [1.165, 1.54) is 24.4 Å². The van der Waals surface area contributed by atoms with Crippen LogP contribution in [0.1, 0.15) is 0 Å². The molecule has 142 valence electrons. The number of pyridine rings is 2. The van der Waals surface area contributed by atoms with Gasteiger partial charge in [0.2, 0.25) is 0 Å². The van der Waals surface area contributed by atoms with Crippen LogP contribution in [0.4, 0.5) is 0 Å². The molecule has 0 bridgehead atoms. The van der Waals surface area contributed by atoms with E-state index in [0.29, 0.717) is 27.7 Å². The molecule has 4 rings (SSSR count). The Morgan fingerprint density at radius 2 is 1.39 bits per heavy atom. The lowest BCUT2D eigenvalue weighted by Crippen LogP contribution is -1.95. The molecular weight excluding hydrogens is 443 g/mol. The van der Waals surface area contributed by atoms with Crippen molar-refractivity contribution in [2.24, 2.45) is 0 Å². The second-order valence-electron chi connectivity index (χ2n) is 5.94. The van der Waals surface area contributed by atoms with Crippen LogP contribution in [-0.4, -0.2) is 26.8 Å². The quantitative estimate of drug-likeness (QED) is 0.339. The van der Waals surface area contributed by atoms with E-state index in [2.05, 4.69) is 9.97 Å². The zero-order chi connectivity index (χ0) is 20.1. The van der Waals surface area contributed by atoms with Gasteiger partial charge >= 0.3 is 0 Å². The molecule has 0 radical (unpaired) electrons. The van der Waals surface area contributed by atoms with Gasteiger partial charge in [-0.25, -0.2) is 21.8 Å². The average Bonchev–Trinajstić information content (AvgIpc) is 2.65. The Bertz CT molecular complexity index is 1450. The first kappa shape index (κ1) is 19.1. The van der Waals surface area contributed by atoms with Gasteiger partial charge in [-0.1, -0.05) is 30.3 Å². The summed E-state index contributed by atoms with van der Waals surface area (Å²) in [6.45, 7) is 0. The number of nitrogens with zero attached hydrogens (tertiary/aromatic N) is 2. The molecule has 0 saturated carbocycles. The minimum atomic E-state index is -3.94. The number of rotatable bonds is 3. The Morgan fingerprint density at radius 3 is 2.04 bits per heavy atom. The van der Waals surface area contributed by atoms with Crippen LogP contribution in [0.25, 0.3) is 33.1 Å². The molecule has 0 unspecified atom stereocenters. The van der Waals surface area contributed by atoms with Crippen molar-refractivity contribution < 1.29 is 16.8 Å². The molecule has 0 atom stereocenters. The van der Waals surface area contributed by atoms with Gasteiger partial charge in [0.1, 0.15) is 0 Å². The van der Waals surface area contributed by atoms with Gasteiger partial charge in [0, 0.05) is 43.9 Å². The number of benzene rings is 2. The Labute approximate surface area is 169 Å². The normalized spacial score (nSPS) is 12.5. The largest absolute Gasteiger partial charge is 0.262 e. The topological polar surface area (TPSA) is 94.1 Å². The Balaban J connectivity index is 1.94. The van der Waals surface area contributed by atoms with Crippen LogP contribution < -0.4 is 0 Å². The number of halogens is 2. The number of hydrogen-bond donors (Lipinski definition) is 0. The molecule has 0 spiro atoms. The van der Waals surface area contributed by atoms with Gasteiger partial charge < -0.3 is 0 Å². The van der Waals surface area contributed by atoms with Crippen molar-refractivity contribution in [3.63, 3.8) is 0 Å². The SMILES string of the molecule is O=S(=O)(Cl)c1ccc(-c2ccc3ccc4c(S(=O)(=O)Cl)ccnc4c3n2)cc1. The van der Waals surface area contributed by atoms with Crippen molar-refractivity contribution in [3.05, 3.63) is 60.8 Å². The van der Waals surface area contributed by atoms with E-state index < -0.39 is 18.1 Å². The van der Waals surface area contributed by atoms with Crippen LogP contribution >= 0.6 is 21.4 Å². The van der Waals surface area contributed by atoms with Crippen molar-refractivity contribution in [2.45, 2.75) is 9.79 Å². The summed E-state index contributed by atoms with van der Waals surface area (Å²) in [5.74, 6) is 0. The van der Waals surface area contributed by atoms with Crippen LogP contribution in [0, 0.1) is 0 Å². The van der Waals surface area contributed by atoms with E-state index in [9.17, 15) is 16.8 Å². The van der Waals surface area contributed by atoms with E-state index in [1.807, 2.05) is 6.07 Å². The van der Waals surface area contributed by atoms with Gasteiger partial charge in [0.25, 0.3) is 18.1 Å². The molecule has 0 N–H and O–H groups in total. The lowest BCUT2D eigenvalue weighted by atomic mass is 10.1. The molecule has 2 aromatic carbocycles. The monoisotopic (exact) mass is 452 g/mol. The number of fused-ring (bicyclic) bond motifs is 3. The fraction of sp³-hybridized carbons (Fsp3) is 0. The predicted octanol–water partition coefficient (Wildman–Crippen LogP) is 4.31. The van der Waals surface area contributed by atoms with Crippen molar-refractivity contribution >= 4 is 61.3 Å². The van der Waals surface area contributed by atoms with E-state index in [0.717, 1.165) is 5.39 Å². The maximum Gasteiger partial charge on any atom is 0.262 e. The maximum atomic E-state index is 11.8. The van der Waals surface area contributed by atoms with Crippen molar-refractivity contribution in [2.75, 3.05) is 0 Å². The molecule has 2 aromatic heterocycles. The van der Waals surface area contributed by atoms with E-state index in [-0.39, 0.29) is 9.79 Å². The van der Waals surface area contributed by atoms with Gasteiger partial charge in [0.05, 0.1) is 26.5 Å². The molecule has 0 fully saturated rings. The first-order chi connectivity index (χ1) is 13.1. The average molecular weight is 453 g/mol. The third-order valence-electron chi connectivity index (χ3n) is 4.22. The van der Waals surface area contributed by atoms with E-state index in [1.54, 1.807) is 30.3 Å². The second kappa shape index (κ2) is 6.66. The summed E-state index contributed by atoms with van der Waals surface area (Å²) in [4.78, 5) is 8.84. The van der Waals surface area contributed by atoms with Gasteiger partial charge in [-0.3, -0.25) is 4.98 Å². The van der Waals surface area contributed by atoms with Gasteiger partial charge in [-0.05, 0) is 24.3 Å². The fourth-order valence-corrected chi connectivity index (χ4v) is 4.76. The lowest BCUT2D eigenvalue weighted by Gasteiger charge is -2.08. The van der Waals surface area contributed by atoms with Crippen LogP contribution in [0.2, 0.25) is 0 Å². The summed E-state index contributed by atoms with van der Waals surface area (Å²) in [6.07, 6.45) is 1.37. The van der Waals surface area contributed by atoms with Crippen molar-refractivity contribution in [3.8, 4) is 11.3 Å². The molecule has 0 amide bonds. The Morgan fingerprint density at radius 1 is 0.714 bits per heavy atom. The summed E-state index contributed by atoms with van der Waals surface area (Å²) in [5.41, 5.74) is 2.15. The highest BCUT2D eigenvalue weighted by atomic mass is 35.7. The zero-order valence-corrected chi connectivity index (χ0v) is 17.0. The third-order valence-corrected chi connectivity index (χ3v) is 6.97. The first-order valence-electron chi connectivity index (χ1n) is 7.83. The fourth-order valence-electron chi connectivity index (χ4n) is 2.93. The number of aromatic nitrogens is 2. The predicted molar refractivity (Wildman–Crippen MR) is 109 cm³/mol. The molecule has 0 aliphatic heterocycles. The van der Waals surface area contributed by atoms with Crippen LogP contribution in [0.15, 0.2) is 70.6 Å². The van der Waals surface area contributed by atoms with E-state index in [4.69, 9.17) is 21.4 Å². The Hall–Kier alpha value is -2.26. The molecule has 0 aliphatic carbocycles. The van der Waals surface area contributed by atoms with Gasteiger partial charge in [0.15, 0.2) is 0 Å². The number of hydrogen-bond acceptors (Lipinski definition) is 6. The maximum absolute atomic E-state index is 11.8. The van der Waals surface area contributed by atoms with Crippen molar-refractivity contribution in [1.29, 1.82) is 0 Å². The molecule has 28 heavy (non-hydrogen) atoms. The highest BCUT2D eigenvalue weighted by Gasteiger charge is 2.17. The third kappa shape index (κ3) is 3.44. The van der Waals surface area contributed by atoms with Crippen LogP contribution in [0.5, 0.6) is 0 Å². The standard InChI is InChI=1S/C18H10Cl2N2O4S2/c19-27(23,24)13-5-1-11(2-6-13)15-8-4-12-3-7-14-16(28(20,25)26)9-10-21-18(14)17(12)22-15/h1-10H. The molecule has 0 saturated heterocycles. The minimum Gasteiger partial charge on any atom is -0.254 e. The van der Waals surface area contributed by atoms with Crippen LogP contribution in [-0.2, 0) is 18.1 Å². The molecule has 10 heteroatoms. The van der Waals surface area contributed by atoms with Gasteiger partial charge in [-0.2, -0.15) is 0 Å². The summed E-state index contributed by atoms with van der Waals surface area (Å²) in [7, 11) is 3.12. The van der Waals surface area contributed by atoms with E-state index >= 15 is 0 Å². The molecule has 6 nitrogen and oxygen atoms in total.